The number of anilines is 1. The average molecular weight is 361 g/mol. The Bertz CT molecular complexity index is 1140. The molecule has 27 heavy (non-hydrogen) atoms. The topological polar surface area (TPSA) is 95.8 Å². The van der Waals surface area contributed by atoms with Crippen molar-refractivity contribution in [1.82, 2.24) is 20.0 Å². The SMILES string of the molecule is Cc1cccc(-n2cc(CNc3ccc4[nH]nc(C(=O)O)c4c3)c(C)n2)c1. The van der Waals surface area contributed by atoms with Crippen molar-refractivity contribution in [2.24, 2.45) is 0 Å². The number of carboxylic acids is 1. The van der Waals surface area contributed by atoms with Gasteiger partial charge in [0.1, 0.15) is 0 Å². The second-order valence-corrected chi connectivity index (χ2v) is 6.51. The number of hydrogen-bond donors (Lipinski definition) is 3. The molecule has 0 atom stereocenters. The van der Waals surface area contributed by atoms with Crippen LogP contribution in [0.1, 0.15) is 27.3 Å². The Morgan fingerprint density at radius 2 is 2.07 bits per heavy atom. The Morgan fingerprint density at radius 1 is 1.22 bits per heavy atom. The van der Waals surface area contributed by atoms with E-state index in [1.54, 1.807) is 6.07 Å². The third-order valence-electron chi connectivity index (χ3n) is 4.52. The lowest BCUT2D eigenvalue weighted by Gasteiger charge is -2.06. The zero-order chi connectivity index (χ0) is 19.0. The van der Waals surface area contributed by atoms with E-state index >= 15 is 0 Å². The monoisotopic (exact) mass is 361 g/mol. The Kier molecular flexibility index (Phi) is 4.12. The minimum absolute atomic E-state index is 0.0251. The third-order valence-corrected chi connectivity index (χ3v) is 4.52. The number of aromatic amines is 1. The molecule has 0 radical (unpaired) electrons. The van der Waals surface area contributed by atoms with Crippen LogP contribution < -0.4 is 5.32 Å². The van der Waals surface area contributed by atoms with Crippen LogP contribution in [0.4, 0.5) is 5.69 Å². The van der Waals surface area contributed by atoms with Gasteiger partial charge < -0.3 is 10.4 Å². The van der Waals surface area contributed by atoms with E-state index in [4.69, 9.17) is 0 Å². The Morgan fingerprint density at radius 3 is 2.85 bits per heavy atom. The summed E-state index contributed by atoms with van der Waals surface area (Å²) < 4.78 is 1.88. The molecule has 0 unspecified atom stereocenters. The van der Waals surface area contributed by atoms with Crippen LogP contribution in [0, 0.1) is 13.8 Å². The zero-order valence-corrected chi connectivity index (χ0v) is 15.0. The number of H-pyrrole nitrogens is 1. The molecular formula is C20H19N5O2. The molecule has 3 N–H and O–H groups in total. The van der Waals surface area contributed by atoms with Crippen molar-refractivity contribution < 1.29 is 9.90 Å². The fourth-order valence-electron chi connectivity index (χ4n) is 3.06. The summed E-state index contributed by atoms with van der Waals surface area (Å²) in [6, 6.07) is 13.7. The highest BCUT2D eigenvalue weighted by molar-refractivity contribution is 6.01. The number of rotatable bonds is 5. The molecule has 0 aliphatic carbocycles. The van der Waals surface area contributed by atoms with Gasteiger partial charge in [0.15, 0.2) is 5.69 Å². The van der Waals surface area contributed by atoms with Gasteiger partial charge in [-0.05, 0) is 49.7 Å². The lowest BCUT2D eigenvalue weighted by atomic mass is 10.2. The van der Waals surface area contributed by atoms with Crippen LogP contribution in [-0.2, 0) is 6.54 Å². The number of carbonyl (C=O) groups is 1. The zero-order valence-electron chi connectivity index (χ0n) is 15.0. The number of fused-ring (bicyclic) bond motifs is 1. The summed E-state index contributed by atoms with van der Waals surface area (Å²) in [5.41, 5.74) is 5.77. The van der Waals surface area contributed by atoms with Gasteiger partial charge in [0.05, 0.1) is 16.9 Å². The van der Waals surface area contributed by atoms with Gasteiger partial charge in [0, 0.05) is 29.4 Å². The Labute approximate surface area is 155 Å². The Hall–Kier alpha value is -3.61. The van der Waals surface area contributed by atoms with Gasteiger partial charge in [-0.3, -0.25) is 5.10 Å². The number of aryl methyl sites for hydroxylation is 2. The highest BCUT2D eigenvalue weighted by Gasteiger charge is 2.13. The number of nitrogens with one attached hydrogen (secondary N) is 2. The molecule has 2 heterocycles. The van der Waals surface area contributed by atoms with E-state index in [1.165, 1.54) is 5.56 Å². The molecule has 2 aromatic heterocycles. The van der Waals surface area contributed by atoms with Crippen molar-refractivity contribution in [3.05, 3.63) is 71.2 Å². The minimum Gasteiger partial charge on any atom is -0.476 e. The number of hydrogen-bond acceptors (Lipinski definition) is 4. The molecule has 0 fully saturated rings. The number of aromatic nitrogens is 4. The molecule has 0 spiro atoms. The molecule has 0 saturated carbocycles. The van der Waals surface area contributed by atoms with Gasteiger partial charge in [-0.15, -0.1) is 0 Å². The van der Waals surface area contributed by atoms with Crippen molar-refractivity contribution in [2.75, 3.05) is 5.32 Å². The van der Waals surface area contributed by atoms with E-state index in [0.717, 1.165) is 22.6 Å². The predicted molar refractivity (Wildman–Crippen MR) is 103 cm³/mol. The summed E-state index contributed by atoms with van der Waals surface area (Å²) in [6.07, 6.45) is 2.01. The van der Waals surface area contributed by atoms with Crippen molar-refractivity contribution >= 4 is 22.6 Å². The molecule has 0 saturated heterocycles. The van der Waals surface area contributed by atoms with Crippen LogP contribution in [0.25, 0.3) is 16.6 Å². The van der Waals surface area contributed by atoms with Crippen molar-refractivity contribution in [1.29, 1.82) is 0 Å². The highest BCUT2D eigenvalue weighted by Crippen LogP contribution is 2.22. The number of benzene rings is 2. The summed E-state index contributed by atoms with van der Waals surface area (Å²) in [5, 5.41) is 24.3. The van der Waals surface area contributed by atoms with E-state index in [9.17, 15) is 9.90 Å². The molecular weight excluding hydrogens is 342 g/mol. The van der Waals surface area contributed by atoms with E-state index in [2.05, 4.69) is 39.7 Å². The summed E-state index contributed by atoms with van der Waals surface area (Å²) in [4.78, 5) is 11.3. The van der Waals surface area contributed by atoms with E-state index in [-0.39, 0.29) is 5.69 Å². The van der Waals surface area contributed by atoms with Crippen LogP contribution in [0.3, 0.4) is 0 Å². The van der Waals surface area contributed by atoms with Crippen molar-refractivity contribution in [3.8, 4) is 5.69 Å². The quantitative estimate of drug-likeness (QED) is 0.504. The molecule has 2 aromatic carbocycles. The van der Waals surface area contributed by atoms with Crippen LogP contribution in [0.15, 0.2) is 48.7 Å². The van der Waals surface area contributed by atoms with Crippen LogP contribution in [0.5, 0.6) is 0 Å². The standard InChI is InChI=1S/C20H19N5O2/c1-12-4-3-5-16(8-12)25-11-14(13(2)24-25)10-21-15-6-7-18-17(9-15)19(20(26)27)23-22-18/h3-9,11,21H,10H2,1-2H3,(H,22,23)(H,26,27). The third kappa shape index (κ3) is 3.27. The fourth-order valence-corrected chi connectivity index (χ4v) is 3.06. The number of nitrogens with zero attached hydrogens (tertiary/aromatic N) is 3. The molecule has 4 aromatic rings. The van der Waals surface area contributed by atoms with E-state index < -0.39 is 5.97 Å². The maximum atomic E-state index is 11.3. The van der Waals surface area contributed by atoms with Gasteiger partial charge in [-0.25, -0.2) is 9.48 Å². The van der Waals surface area contributed by atoms with Crippen LogP contribution in [0.2, 0.25) is 0 Å². The fraction of sp³-hybridized carbons (Fsp3) is 0.150. The largest absolute Gasteiger partial charge is 0.476 e. The second-order valence-electron chi connectivity index (χ2n) is 6.51. The summed E-state index contributed by atoms with van der Waals surface area (Å²) in [7, 11) is 0. The second kappa shape index (κ2) is 6.60. The van der Waals surface area contributed by atoms with Gasteiger partial charge in [-0.1, -0.05) is 12.1 Å². The average Bonchev–Trinajstić information content (AvgIpc) is 3.23. The first kappa shape index (κ1) is 16.8. The summed E-state index contributed by atoms with van der Waals surface area (Å²) >= 11 is 0. The molecule has 4 rings (SSSR count). The predicted octanol–water partition coefficient (Wildman–Crippen LogP) is 3.68. The number of carboxylic acid groups (broad SMARTS) is 1. The minimum atomic E-state index is -1.05. The first-order valence-electron chi connectivity index (χ1n) is 8.59. The summed E-state index contributed by atoms with van der Waals surface area (Å²) in [5.74, 6) is -1.05. The van der Waals surface area contributed by atoms with Crippen molar-refractivity contribution in [2.45, 2.75) is 20.4 Å². The van der Waals surface area contributed by atoms with Crippen molar-refractivity contribution in [3.63, 3.8) is 0 Å². The maximum absolute atomic E-state index is 11.3. The van der Waals surface area contributed by atoms with Gasteiger partial charge in [0.2, 0.25) is 0 Å². The summed E-state index contributed by atoms with van der Waals surface area (Å²) in [6.45, 7) is 4.62. The molecule has 0 aliphatic rings. The van der Waals surface area contributed by atoms with E-state index in [1.807, 2.05) is 42.1 Å². The lowest BCUT2D eigenvalue weighted by Crippen LogP contribution is -2.00. The normalized spacial score (nSPS) is 11.0. The Balaban J connectivity index is 1.56. The van der Waals surface area contributed by atoms with Crippen LogP contribution in [-0.4, -0.2) is 31.1 Å². The first-order chi connectivity index (χ1) is 13.0. The van der Waals surface area contributed by atoms with Gasteiger partial charge >= 0.3 is 5.97 Å². The first-order valence-corrected chi connectivity index (χ1v) is 8.59. The van der Waals surface area contributed by atoms with Crippen LogP contribution >= 0.6 is 0 Å². The number of aromatic carboxylic acids is 1. The lowest BCUT2D eigenvalue weighted by molar-refractivity contribution is 0.0692. The molecule has 0 aliphatic heterocycles. The molecule has 0 bridgehead atoms. The highest BCUT2D eigenvalue weighted by atomic mass is 16.4. The van der Waals surface area contributed by atoms with Gasteiger partial charge in [-0.2, -0.15) is 10.2 Å². The molecule has 0 amide bonds. The van der Waals surface area contributed by atoms with Gasteiger partial charge in [0.25, 0.3) is 0 Å². The molecule has 7 heteroatoms. The van der Waals surface area contributed by atoms with E-state index in [0.29, 0.717) is 17.4 Å². The maximum Gasteiger partial charge on any atom is 0.357 e. The molecule has 7 nitrogen and oxygen atoms in total. The molecule has 136 valence electrons. The smallest absolute Gasteiger partial charge is 0.357 e.